The first-order chi connectivity index (χ1) is 21.5. The van der Waals surface area contributed by atoms with Gasteiger partial charge in [-0.15, -0.1) is 0 Å². The van der Waals surface area contributed by atoms with Crippen LogP contribution in [0.5, 0.6) is 5.75 Å². The summed E-state index contributed by atoms with van der Waals surface area (Å²) >= 11 is 0. The molecule has 46 heavy (non-hydrogen) atoms. The van der Waals surface area contributed by atoms with Gasteiger partial charge in [-0.2, -0.15) is 17.9 Å². The van der Waals surface area contributed by atoms with Crippen LogP contribution in [0.15, 0.2) is 47.4 Å². The quantitative estimate of drug-likeness (QED) is 0.136. The van der Waals surface area contributed by atoms with Gasteiger partial charge >= 0.3 is 24.2 Å². The number of nitrogens with two attached hydrogens (primary N) is 1. The Balaban J connectivity index is 0.00000135. The van der Waals surface area contributed by atoms with Crippen LogP contribution in [-0.2, 0) is 40.5 Å². The lowest BCUT2D eigenvalue weighted by molar-refractivity contribution is -0.192. The third-order valence-corrected chi connectivity index (χ3v) is 7.49. The van der Waals surface area contributed by atoms with E-state index in [0.717, 1.165) is 12.7 Å². The van der Waals surface area contributed by atoms with Gasteiger partial charge in [0, 0.05) is 26.1 Å². The maximum absolute atomic E-state index is 12.9. The highest BCUT2D eigenvalue weighted by Gasteiger charge is 2.38. The van der Waals surface area contributed by atoms with Crippen LogP contribution in [0.3, 0.4) is 0 Å². The molecule has 0 saturated carbocycles. The van der Waals surface area contributed by atoms with E-state index in [1.54, 1.807) is 26.0 Å². The summed E-state index contributed by atoms with van der Waals surface area (Å²) in [6.45, 7) is 3.85. The average Bonchev–Trinajstić information content (AvgIpc) is 2.98. The molecule has 2 rings (SSSR count). The number of benzene rings is 2. The smallest absolute Gasteiger partial charge is 0.490 e. The topological polar surface area (TPSA) is 212 Å². The van der Waals surface area contributed by atoms with Crippen molar-refractivity contribution in [1.29, 1.82) is 0 Å². The van der Waals surface area contributed by atoms with Crippen LogP contribution in [0.2, 0.25) is 0 Å². The number of rotatable bonds is 15. The Morgan fingerprint density at radius 2 is 1.57 bits per heavy atom. The number of aryl methyl sites for hydroxylation is 2. The second kappa shape index (κ2) is 19.2. The zero-order valence-electron chi connectivity index (χ0n) is 25.3. The number of ether oxygens (including phenoxy) is 3. The molecule has 0 fully saturated rings. The van der Waals surface area contributed by atoms with Crippen molar-refractivity contribution in [2.75, 3.05) is 33.4 Å². The summed E-state index contributed by atoms with van der Waals surface area (Å²) in [5.41, 5.74) is 7.22. The number of aliphatic carboxylic acids is 1. The fourth-order valence-electron chi connectivity index (χ4n) is 3.65. The normalized spacial score (nSPS) is 11.7. The Labute approximate surface area is 263 Å². The number of alkyl halides is 3. The van der Waals surface area contributed by atoms with Crippen molar-refractivity contribution >= 4 is 34.0 Å². The van der Waals surface area contributed by atoms with Crippen LogP contribution in [0.25, 0.3) is 0 Å². The van der Waals surface area contributed by atoms with Gasteiger partial charge in [0.25, 0.3) is 0 Å². The van der Waals surface area contributed by atoms with Crippen LogP contribution in [0.1, 0.15) is 29.5 Å². The first kappa shape index (κ1) is 39.6. The molecule has 2 aromatic carbocycles. The number of methoxy groups -OCH3 is 1. The minimum atomic E-state index is -5.08. The summed E-state index contributed by atoms with van der Waals surface area (Å²) in [5.74, 6) is -3.28. The summed E-state index contributed by atoms with van der Waals surface area (Å²) in [7, 11) is -2.90. The summed E-state index contributed by atoms with van der Waals surface area (Å²) in [6.07, 6.45) is -5.01. The van der Waals surface area contributed by atoms with E-state index in [1.165, 1.54) is 0 Å². The van der Waals surface area contributed by atoms with E-state index < -0.39 is 40.3 Å². The van der Waals surface area contributed by atoms with E-state index in [1.807, 2.05) is 30.3 Å². The number of hydrogen-bond donors (Lipinski definition) is 5. The van der Waals surface area contributed by atoms with Crippen LogP contribution < -0.4 is 25.8 Å². The summed E-state index contributed by atoms with van der Waals surface area (Å²) in [5, 5.41) is 12.4. The number of carboxylic acids is 1. The molecule has 1 atom stereocenters. The molecule has 2 amide bonds. The number of carbonyl (C=O) groups excluding carboxylic acids is 3. The number of amides is 2. The van der Waals surface area contributed by atoms with Crippen molar-refractivity contribution in [3.05, 3.63) is 59.2 Å². The number of nitrogens with one attached hydrogen (secondary N) is 3. The molecule has 6 N–H and O–H groups in total. The molecule has 18 heteroatoms. The average molecular weight is 679 g/mol. The molecular formula is C28H37F3N4O10S. The molecule has 0 bridgehead atoms. The molecular weight excluding hydrogens is 641 g/mol. The van der Waals surface area contributed by atoms with Gasteiger partial charge in [-0.05, 0) is 49.1 Å². The highest BCUT2D eigenvalue weighted by molar-refractivity contribution is 7.89. The van der Waals surface area contributed by atoms with Gasteiger partial charge in [0.2, 0.25) is 15.9 Å². The van der Waals surface area contributed by atoms with Crippen LogP contribution >= 0.6 is 0 Å². The molecule has 256 valence electrons. The first-order valence-electron chi connectivity index (χ1n) is 13.6. The van der Waals surface area contributed by atoms with Crippen LogP contribution in [-0.4, -0.2) is 83.0 Å². The summed E-state index contributed by atoms with van der Waals surface area (Å²) < 4.78 is 75.1. The van der Waals surface area contributed by atoms with E-state index in [-0.39, 0.29) is 50.1 Å². The second-order valence-corrected chi connectivity index (χ2v) is 11.1. The SMILES string of the molecule is COC(=O)[C@H](CN)NS(=O)(=O)c1c(C)cc(OCCCC(=O)NCCNC(=O)OCc2ccccc2)cc1C.O=C(O)C(F)(F)F. The minimum Gasteiger partial charge on any atom is -0.494 e. The van der Waals surface area contributed by atoms with Crippen molar-refractivity contribution < 1.29 is 60.1 Å². The van der Waals surface area contributed by atoms with Crippen molar-refractivity contribution in [2.24, 2.45) is 5.73 Å². The summed E-state index contributed by atoms with van der Waals surface area (Å²) in [6, 6.07) is 11.2. The number of alkyl carbamates (subject to hydrolysis) is 1. The highest BCUT2D eigenvalue weighted by atomic mass is 32.2. The van der Waals surface area contributed by atoms with E-state index in [0.29, 0.717) is 23.3 Å². The molecule has 0 heterocycles. The Bertz CT molecular complexity index is 1400. The number of esters is 1. The van der Waals surface area contributed by atoms with E-state index in [2.05, 4.69) is 20.1 Å². The maximum atomic E-state index is 12.9. The third-order valence-electron chi connectivity index (χ3n) is 5.71. The molecule has 0 unspecified atom stereocenters. The van der Waals surface area contributed by atoms with Gasteiger partial charge in [-0.3, -0.25) is 9.59 Å². The van der Waals surface area contributed by atoms with E-state index in [9.17, 15) is 36.0 Å². The van der Waals surface area contributed by atoms with Crippen molar-refractivity contribution in [3.63, 3.8) is 0 Å². The van der Waals surface area contributed by atoms with Crippen LogP contribution in [0, 0.1) is 13.8 Å². The molecule has 14 nitrogen and oxygen atoms in total. The maximum Gasteiger partial charge on any atom is 0.490 e. The lowest BCUT2D eigenvalue weighted by Gasteiger charge is -2.18. The Kier molecular flexibility index (Phi) is 16.5. The largest absolute Gasteiger partial charge is 0.494 e. The Morgan fingerprint density at radius 1 is 1.00 bits per heavy atom. The molecule has 0 aliphatic heterocycles. The number of hydrogen-bond acceptors (Lipinski definition) is 10. The predicted molar refractivity (Wildman–Crippen MR) is 157 cm³/mol. The van der Waals surface area contributed by atoms with E-state index >= 15 is 0 Å². The number of sulfonamides is 1. The molecule has 0 aromatic heterocycles. The lowest BCUT2D eigenvalue weighted by Crippen LogP contribution is -2.46. The minimum absolute atomic E-state index is 0.0223. The number of carbonyl (C=O) groups is 4. The zero-order chi connectivity index (χ0) is 34.9. The monoisotopic (exact) mass is 678 g/mol. The van der Waals surface area contributed by atoms with Gasteiger partial charge in [0.15, 0.2) is 0 Å². The van der Waals surface area contributed by atoms with Gasteiger partial charge in [-0.1, -0.05) is 30.3 Å². The molecule has 0 spiro atoms. The number of halogens is 3. The number of carboxylic acid groups (broad SMARTS) is 1. The molecule has 0 aliphatic rings. The summed E-state index contributed by atoms with van der Waals surface area (Å²) in [4.78, 5) is 44.4. The Hall–Kier alpha value is -4.42. The Morgan fingerprint density at radius 3 is 2.09 bits per heavy atom. The van der Waals surface area contributed by atoms with Gasteiger partial charge in [0.05, 0.1) is 18.6 Å². The molecule has 2 aromatic rings. The van der Waals surface area contributed by atoms with Crippen molar-refractivity contribution in [1.82, 2.24) is 15.4 Å². The molecule has 0 saturated heterocycles. The molecule has 0 radical (unpaired) electrons. The van der Waals surface area contributed by atoms with E-state index in [4.69, 9.17) is 25.1 Å². The first-order valence-corrected chi connectivity index (χ1v) is 15.1. The third kappa shape index (κ3) is 14.6. The van der Waals surface area contributed by atoms with Gasteiger partial charge < -0.3 is 35.7 Å². The fraction of sp³-hybridized carbons (Fsp3) is 0.429. The highest BCUT2D eigenvalue weighted by Crippen LogP contribution is 2.26. The van der Waals surface area contributed by atoms with Crippen molar-refractivity contribution in [2.45, 2.75) is 50.4 Å². The van der Waals surface area contributed by atoms with Gasteiger partial charge in [-0.25, -0.2) is 18.0 Å². The molecule has 0 aliphatic carbocycles. The standard InChI is InChI=1S/C26H36N4O8S.C2HF3O2/c1-18-14-21(15-19(2)24(18)39(34,35)30-22(16-27)25(32)36-3)37-13-7-10-23(31)28-11-12-29-26(33)38-17-20-8-5-4-6-9-20;3-2(4,5)1(6)7/h4-6,8-9,14-15,22,30H,7,10-13,16-17,27H2,1-3H3,(H,28,31)(H,29,33);(H,6,7)/t22-;/m0./s1. The second-order valence-electron chi connectivity index (χ2n) is 9.41. The fourth-order valence-corrected chi connectivity index (χ4v) is 5.30. The lowest BCUT2D eigenvalue weighted by atomic mass is 10.1. The van der Waals surface area contributed by atoms with Crippen molar-refractivity contribution in [3.8, 4) is 5.75 Å². The zero-order valence-corrected chi connectivity index (χ0v) is 26.1. The van der Waals surface area contributed by atoms with Crippen LogP contribution in [0.4, 0.5) is 18.0 Å². The van der Waals surface area contributed by atoms with Gasteiger partial charge in [0.1, 0.15) is 18.4 Å². The predicted octanol–water partition coefficient (Wildman–Crippen LogP) is 1.92.